The summed E-state index contributed by atoms with van der Waals surface area (Å²) in [6.07, 6.45) is 1.61. The number of carbonyl (C=O) groups is 2. The first-order chi connectivity index (χ1) is 11.3. The summed E-state index contributed by atoms with van der Waals surface area (Å²) >= 11 is 3.14. The number of nitrogens with one attached hydrogen (secondary N) is 1. The van der Waals surface area contributed by atoms with Gasteiger partial charge in [-0.15, -0.1) is 0 Å². The van der Waals surface area contributed by atoms with Crippen LogP contribution in [0.25, 0.3) is 0 Å². The van der Waals surface area contributed by atoms with Gasteiger partial charge < -0.3 is 15.0 Å². The second-order valence-corrected chi connectivity index (χ2v) is 7.57. The number of thioether (sulfide) groups is 1. The number of carbonyl (C=O) groups excluding carboxylic acids is 2. The van der Waals surface area contributed by atoms with Gasteiger partial charge in [-0.1, -0.05) is 0 Å². The maximum Gasteiger partial charge on any atom is 0.270 e. The molecule has 0 spiro atoms. The van der Waals surface area contributed by atoms with E-state index < -0.39 is 0 Å². The minimum Gasteiger partial charge on any atom is -0.381 e. The Labute approximate surface area is 144 Å². The minimum absolute atomic E-state index is 0.0187. The maximum atomic E-state index is 12.6. The van der Waals surface area contributed by atoms with Gasteiger partial charge in [0.1, 0.15) is 5.69 Å². The van der Waals surface area contributed by atoms with Crippen molar-refractivity contribution in [2.45, 2.75) is 18.9 Å². The summed E-state index contributed by atoms with van der Waals surface area (Å²) < 4.78 is 9.37. The zero-order valence-electron chi connectivity index (χ0n) is 12.9. The van der Waals surface area contributed by atoms with E-state index in [4.69, 9.17) is 4.74 Å². The first-order valence-corrected chi connectivity index (χ1v) is 9.89. The van der Waals surface area contributed by atoms with E-state index in [2.05, 4.69) is 9.69 Å². The van der Waals surface area contributed by atoms with Crippen molar-refractivity contribution in [2.24, 2.45) is 5.92 Å². The van der Waals surface area contributed by atoms with Crippen LogP contribution in [0.1, 0.15) is 23.3 Å². The maximum absolute atomic E-state index is 12.6. The molecule has 8 heteroatoms. The highest BCUT2D eigenvalue weighted by molar-refractivity contribution is 7.99. The van der Waals surface area contributed by atoms with Crippen molar-refractivity contribution in [3.8, 4) is 0 Å². The monoisotopic (exact) mass is 355 g/mol. The van der Waals surface area contributed by atoms with Gasteiger partial charge in [0.2, 0.25) is 5.91 Å². The molecule has 23 heavy (non-hydrogen) atoms. The molecular formula is C15H21N3O3S2. The Morgan fingerprint density at radius 2 is 2.39 bits per heavy atom. The fraction of sp³-hybridized carbons (Fsp3) is 0.667. The van der Waals surface area contributed by atoms with Crippen LogP contribution in [0.4, 0.5) is 0 Å². The number of hydrogen-bond acceptors (Lipinski definition) is 6. The predicted molar refractivity (Wildman–Crippen MR) is 90.8 cm³/mol. The number of hydrogen-bond donors (Lipinski definition) is 1. The molecule has 1 aromatic rings. The molecule has 6 nitrogen and oxygen atoms in total. The number of rotatable bonds is 5. The van der Waals surface area contributed by atoms with E-state index in [1.165, 1.54) is 11.5 Å². The summed E-state index contributed by atoms with van der Waals surface area (Å²) in [5.74, 6) is 2.02. The van der Waals surface area contributed by atoms with E-state index in [1.807, 2.05) is 16.7 Å². The highest BCUT2D eigenvalue weighted by atomic mass is 32.2. The third kappa shape index (κ3) is 4.24. The van der Waals surface area contributed by atoms with Crippen LogP contribution in [0.5, 0.6) is 0 Å². The molecule has 2 aliphatic heterocycles. The highest BCUT2D eigenvalue weighted by Gasteiger charge is 2.33. The lowest BCUT2D eigenvalue weighted by molar-refractivity contribution is -0.137. The Kier molecular flexibility index (Phi) is 5.91. The molecule has 0 radical (unpaired) electrons. The topological polar surface area (TPSA) is 71.5 Å². The molecule has 0 saturated carbocycles. The Balaban J connectivity index is 1.50. The van der Waals surface area contributed by atoms with E-state index in [9.17, 15) is 9.59 Å². The molecule has 3 rings (SSSR count). The number of nitrogens with zero attached hydrogens (tertiary/aromatic N) is 2. The van der Waals surface area contributed by atoms with Crippen molar-refractivity contribution in [3.05, 3.63) is 17.1 Å². The summed E-state index contributed by atoms with van der Waals surface area (Å²) in [4.78, 5) is 26.5. The third-order valence-corrected chi connectivity index (χ3v) is 5.87. The predicted octanol–water partition coefficient (Wildman–Crippen LogP) is 1.24. The molecule has 0 bridgehead atoms. The van der Waals surface area contributed by atoms with E-state index in [1.54, 1.807) is 11.4 Å². The van der Waals surface area contributed by atoms with Gasteiger partial charge in [0, 0.05) is 42.6 Å². The second-order valence-electron chi connectivity index (χ2n) is 5.75. The fourth-order valence-electron chi connectivity index (χ4n) is 2.92. The molecule has 2 atom stereocenters. The van der Waals surface area contributed by atoms with Crippen molar-refractivity contribution in [3.63, 3.8) is 0 Å². The molecule has 2 aliphatic rings. The molecule has 2 saturated heterocycles. The lowest BCUT2D eigenvalue weighted by atomic mass is 10.1. The van der Waals surface area contributed by atoms with Crippen LogP contribution >= 0.6 is 23.3 Å². The summed E-state index contributed by atoms with van der Waals surface area (Å²) in [7, 11) is 0. The standard InChI is InChI=1S/C15H21N3O3S2/c19-14(13-3-7-23-17-13)16-4-1-12-10-22-8-5-18(12)15(20)11-2-6-21-9-11/h3,7,11-12H,1-2,4-6,8-10H2,(H,16,19)/t11-,12?/m0/s1. The fourth-order valence-corrected chi connectivity index (χ4v) is 4.54. The van der Waals surface area contributed by atoms with Gasteiger partial charge in [-0.2, -0.15) is 16.1 Å². The number of amides is 2. The Bertz CT molecular complexity index is 532. The van der Waals surface area contributed by atoms with Gasteiger partial charge in [-0.3, -0.25) is 9.59 Å². The third-order valence-electron chi connectivity index (χ3n) is 4.22. The largest absolute Gasteiger partial charge is 0.381 e. The average Bonchev–Trinajstić information content (AvgIpc) is 3.28. The molecule has 2 fully saturated rings. The van der Waals surface area contributed by atoms with Crippen molar-refractivity contribution in [2.75, 3.05) is 37.8 Å². The molecule has 126 valence electrons. The SMILES string of the molecule is O=C(NCCC1CSCCN1C(=O)[C@H]1CCOC1)c1ccsn1. The molecule has 3 heterocycles. The lowest BCUT2D eigenvalue weighted by Gasteiger charge is -2.37. The van der Waals surface area contributed by atoms with Crippen molar-refractivity contribution in [1.82, 2.24) is 14.6 Å². The first kappa shape index (κ1) is 16.7. The van der Waals surface area contributed by atoms with Gasteiger partial charge in [-0.25, -0.2) is 0 Å². The molecule has 1 unspecified atom stereocenters. The van der Waals surface area contributed by atoms with E-state index >= 15 is 0 Å². The lowest BCUT2D eigenvalue weighted by Crippen LogP contribution is -2.49. The molecule has 0 aromatic carbocycles. The zero-order chi connectivity index (χ0) is 16.1. The van der Waals surface area contributed by atoms with Crippen molar-refractivity contribution < 1.29 is 14.3 Å². The minimum atomic E-state index is -0.142. The van der Waals surface area contributed by atoms with E-state index in [0.717, 1.165) is 30.9 Å². The molecule has 2 amide bonds. The smallest absolute Gasteiger partial charge is 0.270 e. The van der Waals surface area contributed by atoms with Gasteiger partial charge >= 0.3 is 0 Å². The average molecular weight is 355 g/mol. The van der Waals surface area contributed by atoms with Crippen LogP contribution in [0, 0.1) is 5.92 Å². The quantitative estimate of drug-likeness (QED) is 0.860. The van der Waals surface area contributed by atoms with Crippen molar-refractivity contribution in [1.29, 1.82) is 0 Å². The van der Waals surface area contributed by atoms with E-state index in [-0.39, 0.29) is 23.8 Å². The summed E-state index contributed by atoms with van der Waals surface area (Å²) in [5.41, 5.74) is 0.462. The second kappa shape index (κ2) is 8.12. The van der Waals surface area contributed by atoms with Gasteiger partial charge in [0.25, 0.3) is 5.91 Å². The first-order valence-electron chi connectivity index (χ1n) is 7.90. The Hall–Kier alpha value is -1.12. The van der Waals surface area contributed by atoms with Gasteiger partial charge in [0.05, 0.1) is 12.5 Å². The zero-order valence-corrected chi connectivity index (χ0v) is 14.5. The Morgan fingerprint density at radius 1 is 1.48 bits per heavy atom. The summed E-state index contributed by atoms with van der Waals surface area (Å²) in [6.45, 7) is 2.60. The molecule has 0 aliphatic carbocycles. The van der Waals surface area contributed by atoms with Gasteiger partial charge in [0.15, 0.2) is 0 Å². The molecule has 1 N–H and O–H groups in total. The Morgan fingerprint density at radius 3 is 3.13 bits per heavy atom. The summed E-state index contributed by atoms with van der Waals surface area (Å²) in [5, 5.41) is 4.68. The summed E-state index contributed by atoms with van der Waals surface area (Å²) in [6, 6.07) is 1.91. The molecule has 1 aromatic heterocycles. The van der Waals surface area contributed by atoms with Crippen molar-refractivity contribution >= 4 is 35.1 Å². The number of aromatic nitrogens is 1. The normalized spacial score (nSPS) is 24.6. The van der Waals surface area contributed by atoms with Crippen LogP contribution < -0.4 is 5.32 Å². The van der Waals surface area contributed by atoms with Crippen LogP contribution in [0.15, 0.2) is 11.4 Å². The number of ether oxygens (including phenoxy) is 1. The van der Waals surface area contributed by atoms with Crippen LogP contribution in [0.2, 0.25) is 0 Å². The van der Waals surface area contributed by atoms with Crippen LogP contribution in [-0.2, 0) is 9.53 Å². The van der Waals surface area contributed by atoms with Crippen LogP contribution in [0.3, 0.4) is 0 Å². The van der Waals surface area contributed by atoms with Crippen LogP contribution in [-0.4, -0.2) is 64.9 Å². The van der Waals surface area contributed by atoms with E-state index in [0.29, 0.717) is 25.5 Å². The highest BCUT2D eigenvalue weighted by Crippen LogP contribution is 2.23. The van der Waals surface area contributed by atoms with Gasteiger partial charge in [-0.05, 0) is 30.4 Å². The molecular weight excluding hydrogens is 334 g/mol.